The van der Waals surface area contributed by atoms with Crippen LogP contribution in [0.3, 0.4) is 0 Å². The van der Waals surface area contributed by atoms with Gasteiger partial charge in [0.15, 0.2) is 0 Å². The molecule has 0 saturated heterocycles. The van der Waals surface area contributed by atoms with E-state index in [1.165, 1.54) is 6.33 Å². The number of benzene rings is 1. The molecule has 0 aliphatic rings. The quantitative estimate of drug-likeness (QED) is 0.846. The number of hydrogen-bond acceptors (Lipinski definition) is 4. The SMILES string of the molecule is COCC(C)CNc1ccc(-n2cncn2)cc1. The molecule has 0 saturated carbocycles. The van der Waals surface area contributed by atoms with E-state index in [0.29, 0.717) is 5.92 Å². The van der Waals surface area contributed by atoms with Crippen LogP contribution < -0.4 is 5.32 Å². The first-order chi connectivity index (χ1) is 8.79. The molecule has 1 aromatic carbocycles. The van der Waals surface area contributed by atoms with Crippen molar-refractivity contribution in [2.24, 2.45) is 5.92 Å². The van der Waals surface area contributed by atoms with E-state index in [1.807, 2.05) is 24.3 Å². The molecule has 0 fully saturated rings. The van der Waals surface area contributed by atoms with Crippen molar-refractivity contribution in [2.45, 2.75) is 6.92 Å². The molecule has 2 rings (SSSR count). The van der Waals surface area contributed by atoms with E-state index in [2.05, 4.69) is 22.3 Å². The average molecular weight is 246 g/mol. The summed E-state index contributed by atoms with van der Waals surface area (Å²) < 4.78 is 6.84. The van der Waals surface area contributed by atoms with Gasteiger partial charge in [0.05, 0.1) is 12.3 Å². The fourth-order valence-electron chi connectivity index (χ4n) is 1.71. The van der Waals surface area contributed by atoms with Gasteiger partial charge in [0.2, 0.25) is 0 Å². The first-order valence-corrected chi connectivity index (χ1v) is 5.97. The second kappa shape index (κ2) is 6.16. The summed E-state index contributed by atoms with van der Waals surface area (Å²) in [4.78, 5) is 3.92. The molecule has 0 aliphatic heterocycles. The third-order valence-corrected chi connectivity index (χ3v) is 2.66. The Bertz CT molecular complexity index is 452. The van der Waals surface area contributed by atoms with Crippen molar-refractivity contribution >= 4 is 5.69 Å². The largest absolute Gasteiger partial charge is 0.385 e. The summed E-state index contributed by atoms with van der Waals surface area (Å²) in [6.07, 6.45) is 3.21. The Kier molecular flexibility index (Phi) is 4.30. The first kappa shape index (κ1) is 12.6. The minimum absolute atomic E-state index is 0.491. The number of aromatic nitrogens is 3. The molecule has 5 nitrogen and oxygen atoms in total. The lowest BCUT2D eigenvalue weighted by Crippen LogP contribution is -2.15. The van der Waals surface area contributed by atoms with Crippen molar-refractivity contribution < 1.29 is 4.74 Å². The van der Waals surface area contributed by atoms with Crippen LogP contribution in [-0.2, 0) is 4.74 Å². The van der Waals surface area contributed by atoms with Gasteiger partial charge in [-0.2, -0.15) is 5.10 Å². The van der Waals surface area contributed by atoms with Crippen molar-refractivity contribution in [1.82, 2.24) is 14.8 Å². The van der Waals surface area contributed by atoms with Gasteiger partial charge in [0, 0.05) is 19.3 Å². The lowest BCUT2D eigenvalue weighted by atomic mass is 10.2. The van der Waals surface area contributed by atoms with Crippen LogP contribution in [-0.4, -0.2) is 35.0 Å². The van der Waals surface area contributed by atoms with E-state index in [9.17, 15) is 0 Å². The molecule has 0 aliphatic carbocycles. The molecule has 0 spiro atoms. The zero-order chi connectivity index (χ0) is 12.8. The van der Waals surface area contributed by atoms with Gasteiger partial charge < -0.3 is 10.1 Å². The van der Waals surface area contributed by atoms with Crippen molar-refractivity contribution in [1.29, 1.82) is 0 Å². The molecule has 1 N–H and O–H groups in total. The van der Waals surface area contributed by atoms with Crippen molar-refractivity contribution in [3.63, 3.8) is 0 Å². The highest BCUT2D eigenvalue weighted by Gasteiger charge is 2.01. The van der Waals surface area contributed by atoms with Crippen LogP contribution in [0.4, 0.5) is 5.69 Å². The van der Waals surface area contributed by atoms with E-state index in [1.54, 1.807) is 18.1 Å². The van der Waals surface area contributed by atoms with Crippen LogP contribution in [0, 0.1) is 5.92 Å². The molecule has 1 atom stereocenters. The fraction of sp³-hybridized carbons (Fsp3) is 0.385. The number of anilines is 1. The average Bonchev–Trinajstić information content (AvgIpc) is 2.91. The predicted molar refractivity (Wildman–Crippen MR) is 70.9 cm³/mol. The van der Waals surface area contributed by atoms with E-state index < -0.39 is 0 Å². The van der Waals surface area contributed by atoms with Gasteiger partial charge >= 0.3 is 0 Å². The molecule has 1 heterocycles. The summed E-state index contributed by atoms with van der Waals surface area (Å²) in [5.74, 6) is 0.491. The van der Waals surface area contributed by atoms with Crippen molar-refractivity contribution in [3.8, 4) is 5.69 Å². The van der Waals surface area contributed by atoms with Gasteiger partial charge in [-0.25, -0.2) is 9.67 Å². The highest BCUT2D eigenvalue weighted by Crippen LogP contribution is 2.12. The fourth-order valence-corrected chi connectivity index (χ4v) is 1.71. The maximum absolute atomic E-state index is 5.10. The van der Waals surface area contributed by atoms with Crippen LogP contribution in [0.15, 0.2) is 36.9 Å². The second-order valence-corrected chi connectivity index (χ2v) is 4.33. The van der Waals surface area contributed by atoms with Gasteiger partial charge in [-0.15, -0.1) is 0 Å². The Labute approximate surface area is 107 Å². The number of nitrogens with zero attached hydrogens (tertiary/aromatic N) is 3. The van der Waals surface area contributed by atoms with Crippen LogP contribution in [0.25, 0.3) is 5.69 Å². The van der Waals surface area contributed by atoms with Crippen LogP contribution in [0.5, 0.6) is 0 Å². The lowest BCUT2D eigenvalue weighted by molar-refractivity contribution is 0.164. The standard InChI is InChI=1S/C13H18N4O/c1-11(8-18-2)7-15-12-3-5-13(6-4-12)17-10-14-9-16-17/h3-6,9-11,15H,7-8H2,1-2H3. The van der Waals surface area contributed by atoms with E-state index >= 15 is 0 Å². The summed E-state index contributed by atoms with van der Waals surface area (Å²) in [7, 11) is 1.73. The van der Waals surface area contributed by atoms with Gasteiger partial charge in [-0.3, -0.25) is 0 Å². The van der Waals surface area contributed by atoms with E-state index in [0.717, 1.165) is 24.5 Å². The maximum atomic E-state index is 5.10. The molecule has 0 radical (unpaired) electrons. The Morgan fingerprint density at radius 3 is 2.72 bits per heavy atom. The summed E-state index contributed by atoms with van der Waals surface area (Å²) in [6.45, 7) is 3.82. The zero-order valence-electron chi connectivity index (χ0n) is 10.7. The number of nitrogens with one attached hydrogen (secondary N) is 1. The summed E-state index contributed by atoms with van der Waals surface area (Å²) in [5, 5.41) is 7.46. The summed E-state index contributed by atoms with van der Waals surface area (Å²) in [5.41, 5.74) is 2.10. The van der Waals surface area contributed by atoms with Crippen LogP contribution >= 0.6 is 0 Å². The lowest BCUT2D eigenvalue weighted by Gasteiger charge is -2.12. The maximum Gasteiger partial charge on any atom is 0.138 e. The Balaban J connectivity index is 1.92. The molecule has 5 heteroatoms. The molecule has 1 unspecified atom stereocenters. The topological polar surface area (TPSA) is 52.0 Å². The van der Waals surface area contributed by atoms with Gasteiger partial charge in [0.1, 0.15) is 12.7 Å². The molecule has 1 aromatic heterocycles. The monoisotopic (exact) mass is 246 g/mol. The minimum atomic E-state index is 0.491. The molecular formula is C13H18N4O. The van der Waals surface area contributed by atoms with Gasteiger partial charge in [0.25, 0.3) is 0 Å². The molecular weight excluding hydrogens is 228 g/mol. The second-order valence-electron chi connectivity index (χ2n) is 4.33. The minimum Gasteiger partial charge on any atom is -0.385 e. The predicted octanol–water partition coefficient (Wildman–Crippen LogP) is 1.96. The van der Waals surface area contributed by atoms with Gasteiger partial charge in [-0.1, -0.05) is 6.92 Å². The Morgan fingerprint density at radius 1 is 1.33 bits per heavy atom. The molecule has 0 amide bonds. The van der Waals surface area contributed by atoms with Crippen LogP contribution in [0.1, 0.15) is 6.92 Å². The van der Waals surface area contributed by atoms with Crippen molar-refractivity contribution in [2.75, 3.05) is 25.6 Å². The first-order valence-electron chi connectivity index (χ1n) is 5.97. The molecule has 18 heavy (non-hydrogen) atoms. The summed E-state index contributed by atoms with van der Waals surface area (Å²) in [6, 6.07) is 8.10. The molecule has 96 valence electrons. The summed E-state index contributed by atoms with van der Waals surface area (Å²) >= 11 is 0. The van der Waals surface area contributed by atoms with E-state index in [4.69, 9.17) is 4.74 Å². The molecule has 2 aromatic rings. The third kappa shape index (κ3) is 3.30. The highest BCUT2D eigenvalue weighted by molar-refractivity contribution is 5.48. The smallest absolute Gasteiger partial charge is 0.138 e. The number of methoxy groups -OCH3 is 1. The molecule has 0 bridgehead atoms. The number of rotatable bonds is 6. The van der Waals surface area contributed by atoms with E-state index in [-0.39, 0.29) is 0 Å². The van der Waals surface area contributed by atoms with Crippen LogP contribution in [0.2, 0.25) is 0 Å². The van der Waals surface area contributed by atoms with Crippen molar-refractivity contribution in [3.05, 3.63) is 36.9 Å². The number of ether oxygens (including phenoxy) is 1. The number of hydrogen-bond donors (Lipinski definition) is 1. The van der Waals surface area contributed by atoms with Gasteiger partial charge in [-0.05, 0) is 30.2 Å². The third-order valence-electron chi connectivity index (χ3n) is 2.66. The normalized spacial score (nSPS) is 12.3. The Hall–Kier alpha value is -1.88. The highest BCUT2D eigenvalue weighted by atomic mass is 16.5. The zero-order valence-corrected chi connectivity index (χ0v) is 10.7. The Morgan fingerprint density at radius 2 is 2.11 bits per heavy atom.